The van der Waals surface area contributed by atoms with E-state index in [2.05, 4.69) is 44.8 Å². The van der Waals surface area contributed by atoms with Gasteiger partial charge in [0.25, 0.3) is 0 Å². The lowest BCUT2D eigenvalue weighted by Gasteiger charge is -2.24. The summed E-state index contributed by atoms with van der Waals surface area (Å²) >= 11 is 0. The summed E-state index contributed by atoms with van der Waals surface area (Å²) in [6, 6.07) is 4.48. The largest absolute Gasteiger partial charge is 0.474 e. The summed E-state index contributed by atoms with van der Waals surface area (Å²) in [4.78, 5) is 9.26. The van der Waals surface area contributed by atoms with Gasteiger partial charge in [-0.05, 0) is 51.3 Å². The van der Waals surface area contributed by atoms with Crippen molar-refractivity contribution in [2.75, 3.05) is 13.2 Å². The molecule has 0 N–H and O–H groups in total. The number of nitrogens with zero attached hydrogens (tertiary/aromatic N) is 2. The molecule has 2 aromatic rings. The summed E-state index contributed by atoms with van der Waals surface area (Å²) in [7, 11) is 0. The number of hydrogen-bond donors (Lipinski definition) is 0. The highest BCUT2D eigenvalue weighted by molar-refractivity contribution is 5.42. The van der Waals surface area contributed by atoms with Crippen molar-refractivity contribution in [3.05, 3.63) is 51.5 Å². The smallest absolute Gasteiger partial charge is 0.220 e. The first-order valence-corrected chi connectivity index (χ1v) is 9.09. The average molecular weight is 340 g/mol. The fraction of sp³-hybridized carbons (Fsp3) is 0.524. The Hall–Kier alpha value is -1.94. The van der Waals surface area contributed by atoms with Gasteiger partial charge in [0.1, 0.15) is 11.9 Å². The lowest BCUT2D eigenvalue weighted by Crippen LogP contribution is -2.27. The minimum absolute atomic E-state index is 0.192. The SMILES string of the molecule is Cc1cc(C)c(Cc2nc(C)nc(OC3CCOCC3)c2C)c(C)c1. The molecule has 4 nitrogen and oxygen atoms in total. The van der Waals surface area contributed by atoms with Crippen LogP contribution >= 0.6 is 0 Å². The van der Waals surface area contributed by atoms with E-state index in [1.165, 1.54) is 22.3 Å². The van der Waals surface area contributed by atoms with Crippen molar-refractivity contribution in [1.29, 1.82) is 0 Å². The molecule has 0 saturated carbocycles. The normalized spacial score (nSPS) is 15.4. The van der Waals surface area contributed by atoms with Crippen LogP contribution in [0.3, 0.4) is 0 Å². The van der Waals surface area contributed by atoms with Gasteiger partial charge in [-0.15, -0.1) is 0 Å². The third kappa shape index (κ3) is 4.18. The second kappa shape index (κ2) is 7.52. The van der Waals surface area contributed by atoms with Crippen LogP contribution in [0, 0.1) is 34.6 Å². The molecule has 0 radical (unpaired) electrons. The Morgan fingerprint density at radius 3 is 2.28 bits per heavy atom. The molecule has 1 aromatic heterocycles. The van der Waals surface area contributed by atoms with Crippen LogP contribution in [-0.4, -0.2) is 29.3 Å². The highest BCUT2D eigenvalue weighted by Crippen LogP contribution is 2.26. The van der Waals surface area contributed by atoms with E-state index in [1.807, 2.05) is 6.92 Å². The van der Waals surface area contributed by atoms with Crippen molar-refractivity contribution >= 4 is 0 Å². The molecular formula is C21H28N2O2. The molecule has 1 aliphatic heterocycles. The third-order valence-electron chi connectivity index (χ3n) is 4.94. The number of benzene rings is 1. The molecule has 1 aliphatic rings. The zero-order valence-corrected chi connectivity index (χ0v) is 16.0. The number of ether oxygens (including phenoxy) is 2. The number of hydrogen-bond acceptors (Lipinski definition) is 4. The third-order valence-corrected chi connectivity index (χ3v) is 4.94. The van der Waals surface area contributed by atoms with Gasteiger partial charge < -0.3 is 9.47 Å². The summed E-state index contributed by atoms with van der Waals surface area (Å²) in [6.07, 6.45) is 2.86. The Kier molecular flexibility index (Phi) is 5.38. The predicted octanol–water partition coefficient (Wildman–Crippen LogP) is 4.17. The maximum atomic E-state index is 6.19. The quantitative estimate of drug-likeness (QED) is 0.838. The summed E-state index contributed by atoms with van der Waals surface area (Å²) in [5, 5.41) is 0. The van der Waals surface area contributed by atoms with Gasteiger partial charge in [0, 0.05) is 24.8 Å². The second-order valence-corrected chi connectivity index (χ2v) is 7.13. The van der Waals surface area contributed by atoms with Crippen molar-refractivity contribution < 1.29 is 9.47 Å². The van der Waals surface area contributed by atoms with Gasteiger partial charge in [-0.3, -0.25) is 0 Å². The summed E-state index contributed by atoms with van der Waals surface area (Å²) in [5.74, 6) is 1.50. The van der Waals surface area contributed by atoms with Crippen LogP contribution in [-0.2, 0) is 11.2 Å². The highest BCUT2D eigenvalue weighted by atomic mass is 16.5. The molecule has 0 unspecified atom stereocenters. The Morgan fingerprint density at radius 2 is 1.64 bits per heavy atom. The minimum Gasteiger partial charge on any atom is -0.474 e. The molecule has 25 heavy (non-hydrogen) atoms. The van der Waals surface area contributed by atoms with Gasteiger partial charge in [-0.25, -0.2) is 4.98 Å². The molecule has 0 amide bonds. The van der Waals surface area contributed by atoms with E-state index >= 15 is 0 Å². The Labute approximate surface area is 150 Å². The fourth-order valence-electron chi connectivity index (χ4n) is 3.55. The van der Waals surface area contributed by atoms with Crippen molar-refractivity contribution in [1.82, 2.24) is 9.97 Å². The topological polar surface area (TPSA) is 44.2 Å². The van der Waals surface area contributed by atoms with Crippen LogP contribution in [0.2, 0.25) is 0 Å². The van der Waals surface area contributed by atoms with Gasteiger partial charge >= 0.3 is 0 Å². The number of aryl methyl sites for hydroxylation is 4. The van der Waals surface area contributed by atoms with Crippen LogP contribution in [0.15, 0.2) is 12.1 Å². The first-order valence-electron chi connectivity index (χ1n) is 9.09. The van der Waals surface area contributed by atoms with E-state index < -0.39 is 0 Å². The molecule has 134 valence electrons. The maximum Gasteiger partial charge on any atom is 0.220 e. The van der Waals surface area contributed by atoms with Crippen molar-refractivity contribution in [2.45, 2.75) is 60.0 Å². The van der Waals surface area contributed by atoms with Gasteiger partial charge in [0.05, 0.1) is 18.9 Å². The molecule has 1 fully saturated rings. The van der Waals surface area contributed by atoms with Crippen LogP contribution in [0.4, 0.5) is 0 Å². The van der Waals surface area contributed by atoms with Crippen molar-refractivity contribution in [2.24, 2.45) is 0 Å². The lowest BCUT2D eigenvalue weighted by atomic mass is 9.95. The first kappa shape index (κ1) is 17.9. The molecule has 1 saturated heterocycles. The van der Waals surface area contributed by atoms with Crippen LogP contribution in [0.1, 0.15) is 52.2 Å². The monoisotopic (exact) mass is 340 g/mol. The summed E-state index contributed by atoms with van der Waals surface area (Å²) in [5.41, 5.74) is 7.41. The maximum absolute atomic E-state index is 6.19. The molecule has 1 aromatic carbocycles. The van der Waals surface area contributed by atoms with Gasteiger partial charge in [0.2, 0.25) is 5.88 Å². The molecule has 4 heteroatoms. The molecular weight excluding hydrogens is 312 g/mol. The number of rotatable bonds is 4. The molecule has 0 spiro atoms. The molecule has 2 heterocycles. The highest BCUT2D eigenvalue weighted by Gasteiger charge is 2.19. The van der Waals surface area contributed by atoms with Gasteiger partial charge in [0.15, 0.2) is 0 Å². The molecule has 0 bridgehead atoms. The predicted molar refractivity (Wildman–Crippen MR) is 99.4 cm³/mol. The van der Waals surface area contributed by atoms with Crippen LogP contribution in [0.25, 0.3) is 0 Å². The summed E-state index contributed by atoms with van der Waals surface area (Å²) < 4.78 is 11.6. The minimum atomic E-state index is 0.192. The standard InChI is InChI=1S/C21H28N2O2/c1-13-10-14(2)19(15(3)11-13)12-20-16(4)21(23-17(5)22-20)25-18-6-8-24-9-7-18/h10-11,18H,6-9,12H2,1-5H3. The van der Waals surface area contributed by atoms with Crippen LogP contribution in [0.5, 0.6) is 5.88 Å². The van der Waals surface area contributed by atoms with Crippen LogP contribution < -0.4 is 4.74 Å². The van der Waals surface area contributed by atoms with Crippen molar-refractivity contribution in [3.8, 4) is 5.88 Å². The van der Waals surface area contributed by atoms with E-state index in [1.54, 1.807) is 0 Å². The zero-order valence-electron chi connectivity index (χ0n) is 16.0. The molecule has 0 aliphatic carbocycles. The van der Waals surface area contributed by atoms with Crippen molar-refractivity contribution in [3.63, 3.8) is 0 Å². The molecule has 0 atom stereocenters. The first-order chi connectivity index (χ1) is 11.9. The zero-order chi connectivity index (χ0) is 18.0. The fourth-order valence-corrected chi connectivity index (χ4v) is 3.55. The van der Waals surface area contributed by atoms with E-state index in [0.717, 1.165) is 55.4 Å². The average Bonchev–Trinajstić information content (AvgIpc) is 2.55. The number of aromatic nitrogens is 2. The van der Waals surface area contributed by atoms with E-state index in [4.69, 9.17) is 14.5 Å². The lowest BCUT2D eigenvalue weighted by molar-refractivity contribution is 0.0232. The van der Waals surface area contributed by atoms with Gasteiger partial charge in [-0.2, -0.15) is 4.98 Å². The second-order valence-electron chi connectivity index (χ2n) is 7.13. The van der Waals surface area contributed by atoms with E-state index in [-0.39, 0.29) is 6.10 Å². The van der Waals surface area contributed by atoms with Gasteiger partial charge in [-0.1, -0.05) is 17.7 Å². The molecule has 3 rings (SSSR count). The summed E-state index contributed by atoms with van der Waals surface area (Å²) in [6.45, 7) is 12.0. The van der Waals surface area contributed by atoms with E-state index in [9.17, 15) is 0 Å². The Bertz CT molecular complexity index is 742. The Morgan fingerprint density at radius 1 is 1.00 bits per heavy atom. The van der Waals surface area contributed by atoms with E-state index in [0.29, 0.717) is 0 Å². The Balaban J connectivity index is 1.89.